The topological polar surface area (TPSA) is 59.4 Å². The number of rotatable bonds is 5. The molecule has 0 bridgehead atoms. The molecule has 1 saturated carbocycles. The molecule has 1 N–H and O–H groups in total. The Morgan fingerprint density at radius 3 is 2.73 bits per heavy atom. The normalized spacial score (nSPS) is 20.9. The zero-order valence-corrected chi connectivity index (χ0v) is 15.7. The van der Waals surface area contributed by atoms with Gasteiger partial charge in [0.05, 0.1) is 30.3 Å². The van der Waals surface area contributed by atoms with Gasteiger partial charge < -0.3 is 10.1 Å². The van der Waals surface area contributed by atoms with Gasteiger partial charge in [-0.05, 0) is 37.1 Å². The lowest BCUT2D eigenvalue weighted by atomic mass is 10.2. The minimum absolute atomic E-state index is 0.0825. The zero-order valence-electron chi connectivity index (χ0n) is 14.2. The van der Waals surface area contributed by atoms with Gasteiger partial charge in [0.15, 0.2) is 0 Å². The number of benzene rings is 1. The highest BCUT2D eigenvalue weighted by atomic mass is 35.5. The van der Waals surface area contributed by atoms with Crippen LogP contribution in [0.25, 0.3) is 5.69 Å². The molecule has 0 amide bonds. The van der Waals surface area contributed by atoms with Crippen LogP contribution in [-0.4, -0.2) is 53.1 Å². The molecular weight excluding hydrogens is 375 g/mol. The minimum Gasteiger partial charge on any atom is -0.380 e. The van der Waals surface area contributed by atoms with E-state index in [0.29, 0.717) is 22.9 Å². The highest BCUT2D eigenvalue weighted by Gasteiger charge is 2.32. The molecule has 1 saturated heterocycles. The molecule has 8 heteroatoms. The number of anilines is 1. The fourth-order valence-corrected chi connectivity index (χ4v) is 3.50. The Kier molecular flexibility index (Phi) is 5.18. The number of morpholine rings is 1. The van der Waals surface area contributed by atoms with Crippen LogP contribution < -0.4 is 10.9 Å². The third-order valence-electron chi connectivity index (χ3n) is 4.74. The molecular formula is C18H20Cl2N4O2. The van der Waals surface area contributed by atoms with Gasteiger partial charge in [-0.25, -0.2) is 0 Å². The van der Waals surface area contributed by atoms with Crippen LogP contribution in [0, 0.1) is 0 Å². The van der Waals surface area contributed by atoms with Crippen LogP contribution in [0.15, 0.2) is 35.3 Å². The van der Waals surface area contributed by atoms with Crippen LogP contribution in [0.1, 0.15) is 12.8 Å². The molecule has 6 nitrogen and oxygen atoms in total. The van der Waals surface area contributed by atoms with Crippen LogP contribution >= 0.6 is 23.2 Å². The first kappa shape index (κ1) is 17.8. The Hall–Kier alpha value is -1.60. The number of halogens is 2. The number of nitrogens with zero attached hydrogens (tertiary/aromatic N) is 3. The Balaban J connectivity index is 1.45. The second kappa shape index (κ2) is 7.56. The summed E-state index contributed by atoms with van der Waals surface area (Å²) < 4.78 is 7.08. The van der Waals surface area contributed by atoms with Crippen LogP contribution in [0.2, 0.25) is 10.0 Å². The number of hydrogen-bond donors (Lipinski definition) is 1. The van der Waals surface area contributed by atoms with Crippen molar-refractivity contribution in [2.24, 2.45) is 0 Å². The first-order chi connectivity index (χ1) is 12.6. The van der Waals surface area contributed by atoms with Crippen molar-refractivity contribution < 1.29 is 4.74 Å². The predicted octanol–water partition coefficient (Wildman–Crippen LogP) is 2.81. The summed E-state index contributed by atoms with van der Waals surface area (Å²) in [6.07, 6.45) is 4.23. The Labute approximate surface area is 161 Å². The van der Waals surface area contributed by atoms with E-state index in [1.807, 2.05) is 0 Å². The first-order valence-corrected chi connectivity index (χ1v) is 9.51. The average molecular weight is 395 g/mol. The molecule has 0 radical (unpaired) electrons. The summed E-state index contributed by atoms with van der Waals surface area (Å²) in [5.41, 5.74) is 0.765. The summed E-state index contributed by atoms with van der Waals surface area (Å²) in [5.74, 6) is 0. The van der Waals surface area contributed by atoms with Crippen molar-refractivity contribution in [3.8, 4) is 5.69 Å². The Morgan fingerprint density at radius 2 is 2.00 bits per heavy atom. The Bertz CT molecular complexity index is 836. The summed E-state index contributed by atoms with van der Waals surface area (Å²) >= 11 is 12.2. The molecule has 1 unspecified atom stereocenters. The van der Waals surface area contributed by atoms with Crippen molar-refractivity contribution in [3.05, 3.63) is 50.9 Å². The van der Waals surface area contributed by atoms with Crippen molar-refractivity contribution in [2.75, 3.05) is 31.6 Å². The monoisotopic (exact) mass is 394 g/mol. The van der Waals surface area contributed by atoms with Gasteiger partial charge in [-0.3, -0.25) is 9.69 Å². The van der Waals surface area contributed by atoms with Crippen molar-refractivity contribution in [1.82, 2.24) is 14.7 Å². The SMILES string of the molecule is O=c1c(Cl)c(NCC2CN(C3CC3)CCO2)cnn1-c1ccc(Cl)cc1. The number of hydrogen-bond acceptors (Lipinski definition) is 5. The third kappa shape index (κ3) is 3.88. The molecule has 2 fully saturated rings. The van der Waals surface area contributed by atoms with E-state index in [-0.39, 0.29) is 16.7 Å². The van der Waals surface area contributed by atoms with Gasteiger partial charge in [0.2, 0.25) is 0 Å². The molecule has 138 valence electrons. The molecule has 2 aliphatic rings. The predicted molar refractivity (Wildman–Crippen MR) is 103 cm³/mol. The van der Waals surface area contributed by atoms with Gasteiger partial charge in [-0.15, -0.1) is 0 Å². The molecule has 2 heterocycles. The first-order valence-electron chi connectivity index (χ1n) is 8.75. The summed E-state index contributed by atoms with van der Waals surface area (Å²) in [6.45, 7) is 3.24. The van der Waals surface area contributed by atoms with Gasteiger partial charge in [0.25, 0.3) is 5.56 Å². The lowest BCUT2D eigenvalue weighted by molar-refractivity contribution is -0.0241. The maximum atomic E-state index is 12.5. The summed E-state index contributed by atoms with van der Waals surface area (Å²) in [6, 6.07) is 7.59. The molecule has 2 aromatic rings. The van der Waals surface area contributed by atoms with Crippen molar-refractivity contribution >= 4 is 28.9 Å². The highest BCUT2D eigenvalue weighted by molar-refractivity contribution is 6.33. The second-order valence-corrected chi connectivity index (χ2v) is 7.48. The lowest BCUT2D eigenvalue weighted by Gasteiger charge is -2.33. The van der Waals surface area contributed by atoms with E-state index >= 15 is 0 Å². The lowest BCUT2D eigenvalue weighted by Crippen LogP contribution is -2.46. The van der Waals surface area contributed by atoms with E-state index in [2.05, 4.69) is 15.3 Å². The fourth-order valence-electron chi connectivity index (χ4n) is 3.18. The van der Waals surface area contributed by atoms with Gasteiger partial charge in [-0.1, -0.05) is 23.2 Å². The third-order valence-corrected chi connectivity index (χ3v) is 5.36. The maximum Gasteiger partial charge on any atom is 0.292 e. The van der Waals surface area contributed by atoms with E-state index in [4.69, 9.17) is 27.9 Å². The van der Waals surface area contributed by atoms with Gasteiger partial charge in [0, 0.05) is 30.7 Å². The maximum absolute atomic E-state index is 12.5. The largest absolute Gasteiger partial charge is 0.380 e. The van der Waals surface area contributed by atoms with E-state index < -0.39 is 0 Å². The van der Waals surface area contributed by atoms with Crippen molar-refractivity contribution in [1.29, 1.82) is 0 Å². The zero-order chi connectivity index (χ0) is 18.1. The average Bonchev–Trinajstić information content (AvgIpc) is 3.49. The van der Waals surface area contributed by atoms with E-state index in [0.717, 1.165) is 25.7 Å². The Morgan fingerprint density at radius 1 is 1.23 bits per heavy atom. The molecule has 1 aromatic heterocycles. The quantitative estimate of drug-likeness (QED) is 0.844. The molecule has 26 heavy (non-hydrogen) atoms. The van der Waals surface area contributed by atoms with E-state index in [1.54, 1.807) is 30.5 Å². The molecule has 1 aromatic carbocycles. The number of nitrogens with one attached hydrogen (secondary N) is 1. The summed E-state index contributed by atoms with van der Waals surface area (Å²) in [5, 5.41) is 8.14. The minimum atomic E-state index is -0.372. The van der Waals surface area contributed by atoms with Crippen molar-refractivity contribution in [2.45, 2.75) is 25.0 Å². The molecule has 0 spiro atoms. The van der Waals surface area contributed by atoms with Crippen molar-refractivity contribution in [3.63, 3.8) is 0 Å². The smallest absolute Gasteiger partial charge is 0.292 e. The van der Waals surface area contributed by atoms with Crippen LogP contribution in [0.5, 0.6) is 0 Å². The highest BCUT2D eigenvalue weighted by Crippen LogP contribution is 2.28. The van der Waals surface area contributed by atoms with Gasteiger partial charge in [-0.2, -0.15) is 9.78 Å². The second-order valence-electron chi connectivity index (χ2n) is 6.67. The summed E-state index contributed by atoms with van der Waals surface area (Å²) in [7, 11) is 0. The van der Waals surface area contributed by atoms with Crippen LogP contribution in [-0.2, 0) is 4.74 Å². The van der Waals surface area contributed by atoms with E-state index in [1.165, 1.54) is 17.5 Å². The van der Waals surface area contributed by atoms with E-state index in [9.17, 15) is 4.79 Å². The van der Waals surface area contributed by atoms with Gasteiger partial charge >= 0.3 is 0 Å². The number of ether oxygens (including phenoxy) is 1. The fraction of sp³-hybridized carbons (Fsp3) is 0.444. The number of aromatic nitrogens is 2. The summed E-state index contributed by atoms with van der Waals surface area (Å²) in [4.78, 5) is 15.0. The molecule has 1 atom stereocenters. The standard InChI is InChI=1S/C18H20Cl2N4O2/c19-12-1-3-14(4-2-12)24-18(25)17(20)16(10-22-24)21-9-15-11-23(7-8-26-15)13-5-6-13/h1-4,10,13,15,21H,5-9,11H2. The van der Waals surface area contributed by atoms with Crippen LogP contribution in [0.4, 0.5) is 5.69 Å². The van der Waals surface area contributed by atoms with Crippen LogP contribution in [0.3, 0.4) is 0 Å². The molecule has 4 rings (SSSR count). The molecule has 1 aliphatic carbocycles. The van der Waals surface area contributed by atoms with Gasteiger partial charge in [0.1, 0.15) is 5.02 Å². The molecule has 1 aliphatic heterocycles.